The summed E-state index contributed by atoms with van der Waals surface area (Å²) in [6.07, 6.45) is 0. The number of urea groups is 1. The number of hydrogen-bond acceptors (Lipinski definition) is 4. The Morgan fingerprint density at radius 3 is 2.23 bits per heavy atom. The van der Waals surface area contributed by atoms with E-state index < -0.39 is 15.9 Å². The lowest BCUT2D eigenvalue weighted by molar-refractivity contribution is 0.262. The van der Waals surface area contributed by atoms with Crippen LogP contribution in [0.1, 0.15) is 16.7 Å². The molecule has 3 aromatic rings. The molecule has 156 valence electrons. The predicted octanol–water partition coefficient (Wildman–Crippen LogP) is 5.45. The number of phenolic OH excluding ortho intramolecular Hbond substituents is 1. The van der Waals surface area contributed by atoms with Crippen LogP contribution in [-0.4, -0.2) is 19.6 Å². The molecule has 0 saturated carbocycles. The number of halogens is 1. The van der Waals surface area contributed by atoms with Gasteiger partial charge >= 0.3 is 6.03 Å². The Kier molecular flexibility index (Phi) is 6.05. The molecule has 0 aliphatic rings. The number of aromatic hydroxyl groups is 1. The average Bonchev–Trinajstić information content (AvgIpc) is 2.68. The Labute approximate surface area is 180 Å². The van der Waals surface area contributed by atoms with Crippen molar-refractivity contribution in [3.8, 4) is 5.75 Å². The first-order valence-electron chi connectivity index (χ1n) is 9.08. The van der Waals surface area contributed by atoms with Gasteiger partial charge in [-0.3, -0.25) is 0 Å². The first-order valence-corrected chi connectivity index (χ1v) is 10.9. The molecule has 0 spiro atoms. The summed E-state index contributed by atoms with van der Waals surface area (Å²) >= 11 is 5.92. The summed E-state index contributed by atoms with van der Waals surface area (Å²) in [6.45, 7) is 5.13. The number of carbonyl (C=O) groups excluding carboxylic acids is 1. The van der Waals surface area contributed by atoms with E-state index in [0.29, 0.717) is 21.8 Å². The van der Waals surface area contributed by atoms with Crippen molar-refractivity contribution in [2.24, 2.45) is 0 Å². The third-order valence-electron chi connectivity index (χ3n) is 4.78. The second-order valence-corrected chi connectivity index (χ2v) is 9.28. The molecule has 0 heterocycles. The molecule has 3 aromatic carbocycles. The number of nitrogens with one attached hydrogen (secondary N) is 2. The van der Waals surface area contributed by atoms with Gasteiger partial charge in [0.1, 0.15) is 10.6 Å². The van der Waals surface area contributed by atoms with Gasteiger partial charge in [0.15, 0.2) is 0 Å². The van der Waals surface area contributed by atoms with Crippen molar-refractivity contribution in [1.29, 1.82) is 0 Å². The summed E-state index contributed by atoms with van der Waals surface area (Å²) in [5.41, 5.74) is 2.59. The van der Waals surface area contributed by atoms with E-state index in [1.54, 1.807) is 50.2 Å². The highest BCUT2D eigenvalue weighted by Crippen LogP contribution is 2.37. The van der Waals surface area contributed by atoms with E-state index in [4.69, 9.17) is 11.6 Å². The van der Waals surface area contributed by atoms with Gasteiger partial charge in [0.2, 0.25) is 9.84 Å². The largest absolute Gasteiger partial charge is 0.506 e. The number of phenols is 1. The average molecular weight is 445 g/mol. The van der Waals surface area contributed by atoms with Crippen molar-refractivity contribution in [3.63, 3.8) is 0 Å². The maximum Gasteiger partial charge on any atom is 0.323 e. The predicted molar refractivity (Wildman–Crippen MR) is 118 cm³/mol. The molecule has 3 N–H and O–H groups in total. The fraction of sp³-hybridized carbons (Fsp3) is 0.136. The van der Waals surface area contributed by atoms with Crippen LogP contribution < -0.4 is 10.6 Å². The quantitative estimate of drug-likeness (QED) is 0.466. The first-order chi connectivity index (χ1) is 14.1. The molecule has 0 aromatic heterocycles. The Balaban J connectivity index is 1.97. The zero-order valence-corrected chi connectivity index (χ0v) is 18.2. The maximum atomic E-state index is 13.1. The van der Waals surface area contributed by atoms with Gasteiger partial charge in [-0.05, 0) is 68.3 Å². The van der Waals surface area contributed by atoms with Gasteiger partial charge in [-0.2, -0.15) is 0 Å². The molecule has 0 aliphatic carbocycles. The van der Waals surface area contributed by atoms with Crippen LogP contribution in [0.2, 0.25) is 5.02 Å². The highest BCUT2D eigenvalue weighted by atomic mass is 35.5. The molecule has 30 heavy (non-hydrogen) atoms. The highest BCUT2D eigenvalue weighted by molar-refractivity contribution is 7.91. The molecular formula is C22H21ClN2O4S. The lowest BCUT2D eigenvalue weighted by atomic mass is 10.1. The Bertz CT molecular complexity index is 1220. The third-order valence-corrected chi connectivity index (χ3v) is 6.80. The molecule has 6 nitrogen and oxygen atoms in total. The Morgan fingerprint density at radius 2 is 1.60 bits per heavy atom. The van der Waals surface area contributed by atoms with Crippen LogP contribution in [0.3, 0.4) is 0 Å². The third kappa shape index (κ3) is 4.42. The van der Waals surface area contributed by atoms with Gasteiger partial charge in [0.25, 0.3) is 0 Å². The van der Waals surface area contributed by atoms with Crippen LogP contribution >= 0.6 is 11.6 Å². The Hall–Kier alpha value is -3.03. The summed E-state index contributed by atoms with van der Waals surface area (Å²) in [5.74, 6) is -0.339. The van der Waals surface area contributed by atoms with E-state index >= 15 is 0 Å². The molecule has 8 heteroatoms. The van der Waals surface area contributed by atoms with E-state index in [9.17, 15) is 18.3 Å². The molecule has 0 fully saturated rings. The van der Waals surface area contributed by atoms with Gasteiger partial charge in [-0.15, -0.1) is 0 Å². The van der Waals surface area contributed by atoms with Crippen molar-refractivity contribution < 1.29 is 18.3 Å². The van der Waals surface area contributed by atoms with Crippen LogP contribution in [0.4, 0.5) is 16.2 Å². The molecular weight excluding hydrogens is 424 g/mol. The summed E-state index contributed by atoms with van der Waals surface area (Å²) in [7, 11) is -3.99. The minimum atomic E-state index is -3.99. The van der Waals surface area contributed by atoms with Crippen LogP contribution in [0, 0.1) is 20.8 Å². The number of hydrogen-bond donors (Lipinski definition) is 3. The number of rotatable bonds is 4. The second kappa shape index (κ2) is 8.38. The summed E-state index contributed by atoms with van der Waals surface area (Å²) in [5, 5.41) is 16.3. The van der Waals surface area contributed by atoms with Crippen LogP contribution in [0.15, 0.2) is 64.4 Å². The SMILES string of the molecule is Cc1ccc(S(=O)(=O)c2cc(NC(=O)Nc3cccc(Cl)c3)c(C)c(C)c2O)cc1. The first kappa shape index (κ1) is 21.7. The molecule has 3 rings (SSSR count). The van der Waals surface area contributed by atoms with Gasteiger partial charge in [0, 0.05) is 16.4 Å². The van der Waals surface area contributed by atoms with Crippen molar-refractivity contribution in [1.82, 2.24) is 0 Å². The number of aryl methyl sites for hydroxylation is 1. The minimum Gasteiger partial charge on any atom is -0.506 e. The molecule has 2 amide bonds. The molecule has 0 bridgehead atoms. The number of amides is 2. The topological polar surface area (TPSA) is 95.5 Å². The fourth-order valence-electron chi connectivity index (χ4n) is 2.90. The van der Waals surface area contributed by atoms with Crippen molar-refractivity contribution in [2.75, 3.05) is 10.6 Å². The van der Waals surface area contributed by atoms with Crippen LogP contribution in [0.25, 0.3) is 0 Å². The molecule has 0 radical (unpaired) electrons. The molecule has 0 aliphatic heterocycles. The fourth-order valence-corrected chi connectivity index (χ4v) is 4.52. The van der Waals surface area contributed by atoms with Gasteiger partial charge < -0.3 is 15.7 Å². The molecule has 0 saturated heterocycles. The van der Waals surface area contributed by atoms with E-state index in [1.807, 2.05) is 6.92 Å². The van der Waals surface area contributed by atoms with Crippen molar-refractivity contribution in [3.05, 3.63) is 76.3 Å². The molecule has 0 unspecified atom stereocenters. The smallest absolute Gasteiger partial charge is 0.323 e. The summed E-state index contributed by atoms with van der Waals surface area (Å²) < 4.78 is 26.2. The van der Waals surface area contributed by atoms with E-state index in [2.05, 4.69) is 10.6 Å². The number of anilines is 2. The van der Waals surface area contributed by atoms with E-state index in [0.717, 1.165) is 5.56 Å². The zero-order valence-electron chi connectivity index (χ0n) is 16.7. The maximum absolute atomic E-state index is 13.1. The zero-order chi connectivity index (χ0) is 22.1. The second-order valence-electron chi connectivity index (χ2n) is 6.93. The lowest BCUT2D eigenvalue weighted by Crippen LogP contribution is -2.20. The number of sulfone groups is 1. The van der Waals surface area contributed by atoms with E-state index in [-0.39, 0.29) is 21.2 Å². The monoisotopic (exact) mass is 444 g/mol. The number of benzene rings is 3. The van der Waals surface area contributed by atoms with Crippen molar-refractivity contribution in [2.45, 2.75) is 30.6 Å². The number of carbonyl (C=O) groups is 1. The summed E-state index contributed by atoms with van der Waals surface area (Å²) in [6, 6.07) is 13.7. The standard InChI is InChI=1S/C22H21ClN2O4S/c1-13-7-9-18(10-8-13)30(28,29)20-12-19(14(2)15(3)21(20)26)25-22(27)24-17-6-4-5-16(23)11-17/h4-12,26H,1-3H3,(H2,24,25,27). The van der Waals surface area contributed by atoms with Crippen LogP contribution in [0.5, 0.6) is 5.75 Å². The highest BCUT2D eigenvalue weighted by Gasteiger charge is 2.25. The van der Waals surface area contributed by atoms with Gasteiger partial charge in [-0.1, -0.05) is 35.4 Å². The minimum absolute atomic E-state index is 0.0565. The van der Waals surface area contributed by atoms with Gasteiger partial charge in [-0.25, -0.2) is 13.2 Å². The normalized spacial score (nSPS) is 11.2. The summed E-state index contributed by atoms with van der Waals surface area (Å²) in [4.78, 5) is 12.2. The van der Waals surface area contributed by atoms with E-state index in [1.165, 1.54) is 18.2 Å². The van der Waals surface area contributed by atoms with Gasteiger partial charge in [0.05, 0.1) is 4.90 Å². The lowest BCUT2D eigenvalue weighted by Gasteiger charge is -2.16. The molecule has 0 atom stereocenters. The van der Waals surface area contributed by atoms with Crippen LogP contribution in [-0.2, 0) is 9.84 Å². The van der Waals surface area contributed by atoms with Crippen molar-refractivity contribution >= 4 is 38.8 Å². The Morgan fingerprint density at radius 1 is 0.933 bits per heavy atom.